The Hall–Kier alpha value is -2.12. The first-order valence-electron chi connectivity index (χ1n) is 8.27. The van der Waals surface area contributed by atoms with E-state index in [1.807, 2.05) is 0 Å². The van der Waals surface area contributed by atoms with E-state index in [-0.39, 0.29) is 18.5 Å². The summed E-state index contributed by atoms with van der Waals surface area (Å²) in [7, 11) is -3.57. The van der Waals surface area contributed by atoms with Crippen LogP contribution < -0.4 is 14.2 Å². The molecule has 7 heteroatoms. The summed E-state index contributed by atoms with van der Waals surface area (Å²) in [4.78, 5) is 0. The highest BCUT2D eigenvalue weighted by Gasteiger charge is 2.21. The van der Waals surface area contributed by atoms with Crippen LogP contribution in [0.3, 0.4) is 0 Å². The predicted molar refractivity (Wildman–Crippen MR) is 95.1 cm³/mol. The van der Waals surface area contributed by atoms with Gasteiger partial charge in [-0.3, -0.25) is 4.72 Å². The number of halogens is 1. The minimum absolute atomic E-state index is 0.0198. The molecule has 1 aliphatic carbocycles. The number of ether oxygens (including phenoxy) is 1. The predicted octanol–water partition coefficient (Wildman–Crippen LogP) is 3.59. The first-order chi connectivity index (χ1) is 12.0. The van der Waals surface area contributed by atoms with Crippen molar-refractivity contribution in [2.75, 3.05) is 4.72 Å². The van der Waals surface area contributed by atoms with E-state index in [1.54, 1.807) is 36.4 Å². The third kappa shape index (κ3) is 5.44. The molecule has 134 valence electrons. The van der Waals surface area contributed by atoms with Crippen LogP contribution in [-0.4, -0.2) is 14.5 Å². The number of anilines is 1. The van der Waals surface area contributed by atoms with Gasteiger partial charge in [-0.1, -0.05) is 25.0 Å². The minimum atomic E-state index is -3.57. The summed E-state index contributed by atoms with van der Waals surface area (Å²) in [6.07, 6.45) is 3.89. The third-order valence-electron chi connectivity index (χ3n) is 4.08. The summed E-state index contributed by atoms with van der Waals surface area (Å²) in [5, 5.41) is 0. The molecule has 1 fully saturated rings. The molecule has 2 aromatic rings. The van der Waals surface area contributed by atoms with Crippen LogP contribution in [0.1, 0.15) is 31.2 Å². The van der Waals surface area contributed by atoms with Crippen molar-refractivity contribution >= 4 is 15.9 Å². The second kappa shape index (κ2) is 7.84. The van der Waals surface area contributed by atoms with Gasteiger partial charge in [0.2, 0.25) is 0 Å². The molecule has 1 aliphatic rings. The van der Waals surface area contributed by atoms with Gasteiger partial charge in [0.25, 0.3) is 10.2 Å². The molecular formula is C18H21FN2O3S. The van der Waals surface area contributed by atoms with Crippen molar-refractivity contribution in [3.63, 3.8) is 0 Å². The van der Waals surface area contributed by atoms with E-state index in [0.29, 0.717) is 11.4 Å². The first-order valence-corrected chi connectivity index (χ1v) is 9.76. The monoisotopic (exact) mass is 364 g/mol. The maximum atomic E-state index is 13.1. The van der Waals surface area contributed by atoms with E-state index in [0.717, 1.165) is 31.2 Å². The SMILES string of the molecule is O=S(=O)(Nc1ccc(OCc2cccc(F)c2)cc1)NC1CCCC1. The summed E-state index contributed by atoms with van der Waals surface area (Å²) in [5.41, 5.74) is 1.19. The van der Waals surface area contributed by atoms with Crippen LogP contribution in [0.4, 0.5) is 10.1 Å². The Balaban J connectivity index is 1.54. The standard InChI is InChI=1S/C18H21FN2O3S/c19-15-5-3-4-14(12-15)13-24-18-10-8-17(9-11-18)21-25(22,23)20-16-6-1-2-7-16/h3-5,8-12,16,20-21H,1-2,6-7,13H2. The second-order valence-corrected chi connectivity index (χ2v) is 7.59. The largest absolute Gasteiger partial charge is 0.489 e. The summed E-state index contributed by atoms with van der Waals surface area (Å²) in [6, 6.07) is 12.8. The van der Waals surface area contributed by atoms with E-state index in [9.17, 15) is 12.8 Å². The van der Waals surface area contributed by atoms with Gasteiger partial charge in [-0.15, -0.1) is 0 Å². The molecule has 0 unspecified atom stereocenters. The molecule has 0 heterocycles. The van der Waals surface area contributed by atoms with E-state index in [4.69, 9.17) is 4.74 Å². The Morgan fingerprint density at radius 2 is 1.80 bits per heavy atom. The van der Waals surface area contributed by atoms with Gasteiger partial charge in [0.05, 0.1) is 5.69 Å². The Morgan fingerprint density at radius 1 is 1.08 bits per heavy atom. The van der Waals surface area contributed by atoms with Crippen molar-refractivity contribution in [2.24, 2.45) is 0 Å². The summed E-state index contributed by atoms with van der Waals surface area (Å²) >= 11 is 0. The summed E-state index contributed by atoms with van der Waals surface area (Å²) in [6.45, 7) is 0.242. The fraction of sp³-hybridized carbons (Fsp3) is 0.333. The zero-order valence-corrected chi connectivity index (χ0v) is 14.6. The fourth-order valence-corrected chi connectivity index (χ4v) is 4.04. The van der Waals surface area contributed by atoms with Crippen molar-refractivity contribution in [3.05, 3.63) is 59.9 Å². The van der Waals surface area contributed by atoms with E-state index < -0.39 is 10.2 Å². The van der Waals surface area contributed by atoms with Crippen molar-refractivity contribution in [1.29, 1.82) is 0 Å². The molecule has 0 aliphatic heterocycles. The summed E-state index contributed by atoms with van der Waals surface area (Å²) in [5.74, 6) is 0.275. The van der Waals surface area contributed by atoms with E-state index in [2.05, 4.69) is 9.44 Å². The average molecular weight is 364 g/mol. The zero-order chi connectivity index (χ0) is 17.7. The highest BCUT2D eigenvalue weighted by atomic mass is 32.2. The first kappa shape index (κ1) is 17.7. The van der Waals surface area contributed by atoms with Gasteiger partial charge >= 0.3 is 0 Å². The molecule has 5 nitrogen and oxygen atoms in total. The van der Waals surface area contributed by atoms with Crippen LogP contribution in [0, 0.1) is 5.82 Å². The van der Waals surface area contributed by atoms with Gasteiger partial charge in [-0.05, 0) is 54.8 Å². The van der Waals surface area contributed by atoms with E-state index in [1.165, 1.54) is 12.1 Å². The molecule has 0 spiro atoms. The number of hydrogen-bond acceptors (Lipinski definition) is 3. The number of benzene rings is 2. The topological polar surface area (TPSA) is 67.4 Å². The molecule has 3 rings (SSSR count). The average Bonchev–Trinajstić information content (AvgIpc) is 3.06. The lowest BCUT2D eigenvalue weighted by Crippen LogP contribution is -2.37. The fourth-order valence-electron chi connectivity index (χ4n) is 2.86. The minimum Gasteiger partial charge on any atom is -0.489 e. The normalized spacial score (nSPS) is 15.2. The molecular weight excluding hydrogens is 343 g/mol. The van der Waals surface area contributed by atoms with Gasteiger partial charge in [-0.2, -0.15) is 13.1 Å². The molecule has 1 saturated carbocycles. The van der Waals surface area contributed by atoms with Crippen molar-refractivity contribution < 1.29 is 17.5 Å². The number of hydrogen-bond donors (Lipinski definition) is 2. The maximum absolute atomic E-state index is 13.1. The smallest absolute Gasteiger partial charge is 0.299 e. The Bertz CT molecular complexity index is 803. The van der Waals surface area contributed by atoms with E-state index >= 15 is 0 Å². The van der Waals surface area contributed by atoms with Crippen LogP contribution in [0.15, 0.2) is 48.5 Å². The molecule has 2 N–H and O–H groups in total. The van der Waals surface area contributed by atoms with Crippen LogP contribution in [0.5, 0.6) is 5.75 Å². The molecule has 25 heavy (non-hydrogen) atoms. The number of rotatable bonds is 7. The number of nitrogens with one attached hydrogen (secondary N) is 2. The molecule has 0 amide bonds. The van der Waals surface area contributed by atoms with Crippen molar-refractivity contribution in [3.8, 4) is 5.75 Å². The zero-order valence-electron chi connectivity index (χ0n) is 13.7. The van der Waals surface area contributed by atoms with Crippen LogP contribution in [0.25, 0.3) is 0 Å². The molecule has 2 aromatic carbocycles. The Morgan fingerprint density at radius 3 is 2.48 bits per heavy atom. The summed E-state index contributed by atoms with van der Waals surface area (Å²) < 4.78 is 48.1. The Kier molecular flexibility index (Phi) is 5.55. The quantitative estimate of drug-likeness (QED) is 0.789. The van der Waals surface area contributed by atoms with Crippen LogP contribution >= 0.6 is 0 Å². The lowest BCUT2D eigenvalue weighted by Gasteiger charge is -2.14. The second-order valence-electron chi connectivity index (χ2n) is 6.15. The lowest BCUT2D eigenvalue weighted by molar-refractivity contribution is 0.305. The molecule has 0 bridgehead atoms. The maximum Gasteiger partial charge on any atom is 0.299 e. The van der Waals surface area contributed by atoms with Crippen LogP contribution in [-0.2, 0) is 16.8 Å². The molecule has 0 aromatic heterocycles. The van der Waals surface area contributed by atoms with Crippen molar-refractivity contribution in [2.45, 2.75) is 38.3 Å². The van der Waals surface area contributed by atoms with Crippen LogP contribution in [0.2, 0.25) is 0 Å². The van der Waals surface area contributed by atoms with Gasteiger partial charge in [-0.25, -0.2) is 4.39 Å². The highest BCUT2D eigenvalue weighted by Crippen LogP contribution is 2.20. The van der Waals surface area contributed by atoms with Gasteiger partial charge < -0.3 is 4.74 Å². The van der Waals surface area contributed by atoms with Gasteiger partial charge in [0.1, 0.15) is 18.2 Å². The molecule has 0 atom stereocenters. The molecule has 0 radical (unpaired) electrons. The third-order valence-corrected chi connectivity index (χ3v) is 5.23. The Labute approximate surface area is 147 Å². The van der Waals surface area contributed by atoms with Crippen molar-refractivity contribution in [1.82, 2.24) is 4.72 Å². The van der Waals surface area contributed by atoms with Gasteiger partial charge in [0.15, 0.2) is 0 Å². The van der Waals surface area contributed by atoms with Gasteiger partial charge in [0, 0.05) is 6.04 Å². The lowest BCUT2D eigenvalue weighted by atomic mass is 10.2. The molecule has 0 saturated heterocycles. The highest BCUT2D eigenvalue weighted by molar-refractivity contribution is 7.90.